The normalized spacial score (nSPS) is 28.3. The zero-order valence-corrected chi connectivity index (χ0v) is 17.8. The summed E-state index contributed by atoms with van der Waals surface area (Å²) in [4.78, 5) is 4.90. The van der Waals surface area contributed by atoms with Crippen LogP contribution in [0, 0.1) is 37.5 Å². The van der Waals surface area contributed by atoms with E-state index < -0.39 is 8.45 Å². The molecule has 4 nitrogen and oxygen atoms in total. The summed E-state index contributed by atoms with van der Waals surface area (Å²) in [5.41, 5.74) is 1.28. The van der Waals surface area contributed by atoms with Crippen LogP contribution in [0.3, 0.4) is 0 Å². The van der Waals surface area contributed by atoms with Crippen molar-refractivity contribution in [2.24, 2.45) is 10.9 Å². The Hall–Kier alpha value is -0.960. The molecule has 0 bridgehead atoms. The highest BCUT2D eigenvalue weighted by Gasteiger charge is 2.44. The second-order valence-electron chi connectivity index (χ2n) is 7.87. The third-order valence-corrected chi connectivity index (χ3v) is 8.13. The molecule has 1 aliphatic carbocycles. The van der Waals surface area contributed by atoms with Gasteiger partial charge >= 0.3 is 0 Å². The SMILES string of the molecule is CC[C@H](C)[C@@H](CO[P@]1N(c2ccccc2)C[C@@H]2CCCN21)N=C[C]1[CH][CH][CH][CH]1. The summed E-state index contributed by atoms with van der Waals surface area (Å²) in [6, 6.07) is 11.6. The van der Waals surface area contributed by atoms with E-state index in [-0.39, 0.29) is 6.04 Å². The van der Waals surface area contributed by atoms with Crippen LogP contribution in [0.2, 0.25) is 0 Å². The predicted molar refractivity (Wildman–Crippen MR) is 119 cm³/mol. The van der Waals surface area contributed by atoms with Gasteiger partial charge in [0.15, 0.2) is 0 Å². The third-order valence-electron chi connectivity index (χ3n) is 5.98. The fourth-order valence-corrected chi connectivity index (χ4v) is 6.30. The Morgan fingerprint density at radius 1 is 1.25 bits per heavy atom. The first-order valence-electron chi connectivity index (χ1n) is 10.5. The first-order chi connectivity index (χ1) is 13.8. The van der Waals surface area contributed by atoms with Crippen LogP contribution in [0.1, 0.15) is 33.1 Å². The molecule has 3 aliphatic rings. The molecule has 0 amide bonds. The number of anilines is 1. The highest BCUT2D eigenvalue weighted by atomic mass is 31.2. The van der Waals surface area contributed by atoms with Crippen molar-refractivity contribution in [1.82, 2.24) is 4.67 Å². The molecule has 5 heteroatoms. The van der Waals surface area contributed by atoms with Crippen LogP contribution in [0.4, 0.5) is 5.69 Å². The lowest BCUT2D eigenvalue weighted by Crippen LogP contribution is -2.25. The standard InChI is InChI=1S/C23H31N3OP/c1-3-19(2)23(24-16-20-10-7-8-11-20)18-27-28-25-15-9-14-22(25)17-26(28)21-12-5-4-6-13-21/h4-8,10-13,16,19,22-23H,3,9,14-15,17-18H2,1-2H3/t19-,22-,23+,28-/m0/s1. The fraction of sp³-hybridized carbons (Fsp3) is 0.478. The molecule has 1 aromatic carbocycles. The maximum atomic E-state index is 6.64. The molecule has 5 radical (unpaired) electrons. The number of para-hydroxylation sites is 1. The Morgan fingerprint density at radius 3 is 2.79 bits per heavy atom. The van der Waals surface area contributed by atoms with Crippen LogP contribution in [0.5, 0.6) is 0 Å². The summed E-state index contributed by atoms with van der Waals surface area (Å²) in [7, 11) is -0.750. The lowest BCUT2D eigenvalue weighted by molar-refractivity contribution is 0.256. The van der Waals surface area contributed by atoms with Gasteiger partial charge < -0.3 is 9.19 Å². The smallest absolute Gasteiger partial charge is 0.218 e. The molecule has 4 rings (SSSR count). The van der Waals surface area contributed by atoms with Gasteiger partial charge in [0.25, 0.3) is 0 Å². The molecular weight excluding hydrogens is 365 g/mol. The number of rotatable bonds is 8. The highest BCUT2D eigenvalue weighted by Crippen LogP contribution is 2.56. The average molecular weight is 396 g/mol. The molecule has 0 aromatic heterocycles. The van der Waals surface area contributed by atoms with Crippen molar-refractivity contribution >= 4 is 20.4 Å². The van der Waals surface area contributed by atoms with Gasteiger partial charge in [-0.15, -0.1) is 0 Å². The summed E-state index contributed by atoms with van der Waals surface area (Å²) in [5, 5.41) is 0. The van der Waals surface area contributed by atoms with E-state index in [1.807, 2.05) is 6.21 Å². The van der Waals surface area contributed by atoms with Crippen molar-refractivity contribution in [3.05, 3.63) is 61.9 Å². The van der Waals surface area contributed by atoms with Crippen LogP contribution in [0.15, 0.2) is 35.3 Å². The lowest BCUT2D eigenvalue weighted by Gasteiger charge is -2.31. The Balaban J connectivity index is 1.44. The van der Waals surface area contributed by atoms with Gasteiger partial charge in [0, 0.05) is 37.0 Å². The topological polar surface area (TPSA) is 28.1 Å². The second-order valence-corrected chi connectivity index (χ2v) is 9.63. The maximum Gasteiger partial charge on any atom is 0.218 e. The van der Waals surface area contributed by atoms with Crippen LogP contribution in [-0.4, -0.2) is 42.7 Å². The van der Waals surface area contributed by atoms with Gasteiger partial charge in [-0.1, -0.05) is 38.5 Å². The van der Waals surface area contributed by atoms with Gasteiger partial charge in [-0.25, -0.2) is 4.67 Å². The number of hydrogen-bond donors (Lipinski definition) is 0. The van der Waals surface area contributed by atoms with Gasteiger partial charge in [-0.3, -0.25) is 4.99 Å². The Bertz CT molecular complexity index is 634. The largest absolute Gasteiger partial charge is 0.325 e. The van der Waals surface area contributed by atoms with Gasteiger partial charge in [0.05, 0.1) is 12.6 Å². The minimum Gasteiger partial charge on any atom is -0.325 e. The molecular formula is C23H31N3OP. The van der Waals surface area contributed by atoms with Crippen LogP contribution >= 0.6 is 8.45 Å². The van der Waals surface area contributed by atoms with E-state index in [1.54, 1.807) is 0 Å². The Kier molecular flexibility index (Phi) is 7.03. The van der Waals surface area contributed by atoms with Crippen molar-refractivity contribution in [1.29, 1.82) is 0 Å². The van der Waals surface area contributed by atoms with E-state index in [2.05, 4.69) is 79.2 Å². The molecule has 0 spiro atoms. The average Bonchev–Trinajstić information content (AvgIpc) is 3.46. The number of hydrogen-bond acceptors (Lipinski definition) is 4. The first kappa shape index (κ1) is 20.3. The number of fused-ring (bicyclic) bond motifs is 1. The molecule has 2 aliphatic heterocycles. The summed E-state index contributed by atoms with van der Waals surface area (Å²) >= 11 is 0. The van der Waals surface area contributed by atoms with Crippen molar-refractivity contribution in [3.63, 3.8) is 0 Å². The van der Waals surface area contributed by atoms with E-state index in [1.165, 1.54) is 24.4 Å². The summed E-state index contributed by atoms with van der Waals surface area (Å²) in [6.45, 7) is 7.45. The van der Waals surface area contributed by atoms with Crippen LogP contribution < -0.4 is 4.67 Å². The molecule has 1 saturated carbocycles. The summed E-state index contributed by atoms with van der Waals surface area (Å²) in [6.07, 6.45) is 14.0. The third kappa shape index (κ3) is 4.61. The molecule has 1 aromatic rings. The molecule has 0 unspecified atom stereocenters. The maximum absolute atomic E-state index is 6.64. The molecule has 4 atom stereocenters. The zero-order valence-electron chi connectivity index (χ0n) is 16.9. The van der Waals surface area contributed by atoms with Crippen molar-refractivity contribution < 1.29 is 4.52 Å². The fourth-order valence-electron chi connectivity index (χ4n) is 4.01. The molecule has 149 valence electrons. The van der Waals surface area contributed by atoms with Gasteiger partial charge in [0.2, 0.25) is 8.45 Å². The number of benzene rings is 1. The predicted octanol–water partition coefficient (Wildman–Crippen LogP) is 5.11. The van der Waals surface area contributed by atoms with Gasteiger partial charge in [-0.05, 0) is 56.6 Å². The van der Waals surface area contributed by atoms with E-state index in [0.717, 1.165) is 19.5 Å². The molecule has 28 heavy (non-hydrogen) atoms. The Labute approximate surface area is 172 Å². The van der Waals surface area contributed by atoms with E-state index >= 15 is 0 Å². The number of nitrogens with zero attached hydrogens (tertiary/aromatic N) is 3. The van der Waals surface area contributed by atoms with Gasteiger partial charge in [-0.2, -0.15) is 0 Å². The first-order valence-corrected chi connectivity index (χ1v) is 11.7. The minimum absolute atomic E-state index is 0.196. The van der Waals surface area contributed by atoms with Crippen molar-refractivity contribution in [2.45, 2.75) is 45.2 Å². The quantitative estimate of drug-likeness (QED) is 0.452. The van der Waals surface area contributed by atoms with E-state index in [9.17, 15) is 0 Å². The zero-order chi connectivity index (χ0) is 19.3. The molecule has 2 saturated heterocycles. The van der Waals surface area contributed by atoms with Crippen LogP contribution in [-0.2, 0) is 4.52 Å². The van der Waals surface area contributed by atoms with Crippen LogP contribution in [0.25, 0.3) is 0 Å². The van der Waals surface area contributed by atoms with Crippen molar-refractivity contribution in [3.8, 4) is 0 Å². The summed E-state index contributed by atoms with van der Waals surface area (Å²) in [5.74, 6) is 1.67. The van der Waals surface area contributed by atoms with Crippen molar-refractivity contribution in [2.75, 3.05) is 24.4 Å². The van der Waals surface area contributed by atoms with Gasteiger partial charge in [0.1, 0.15) is 0 Å². The second kappa shape index (κ2) is 9.69. The summed E-state index contributed by atoms with van der Waals surface area (Å²) < 4.78 is 11.7. The molecule has 0 N–H and O–H groups in total. The van der Waals surface area contributed by atoms with E-state index in [0.29, 0.717) is 18.6 Å². The highest BCUT2D eigenvalue weighted by molar-refractivity contribution is 7.52. The Morgan fingerprint density at radius 2 is 2.04 bits per heavy atom. The molecule has 2 heterocycles. The number of aliphatic imine (C=N–C) groups is 1. The van der Waals surface area contributed by atoms with E-state index in [4.69, 9.17) is 9.52 Å². The molecule has 3 fully saturated rings. The monoisotopic (exact) mass is 396 g/mol. The lowest BCUT2D eigenvalue weighted by atomic mass is 10.0. The minimum atomic E-state index is -0.750.